The van der Waals surface area contributed by atoms with Crippen LogP contribution in [0.5, 0.6) is 5.75 Å². The summed E-state index contributed by atoms with van der Waals surface area (Å²) in [5.41, 5.74) is 3.88. The third kappa shape index (κ3) is 4.59. The third-order valence-corrected chi connectivity index (χ3v) is 5.88. The third-order valence-electron chi connectivity index (χ3n) is 4.94. The van der Waals surface area contributed by atoms with Gasteiger partial charge in [0.25, 0.3) is 5.91 Å². The van der Waals surface area contributed by atoms with Gasteiger partial charge in [0.15, 0.2) is 12.4 Å². The Kier molecular flexibility index (Phi) is 5.99. The number of carbonyl (C=O) groups excluding carboxylic acids is 1. The zero-order valence-corrected chi connectivity index (χ0v) is 18.9. The van der Waals surface area contributed by atoms with E-state index in [1.807, 2.05) is 44.2 Å². The van der Waals surface area contributed by atoms with Crippen LogP contribution >= 0.6 is 11.3 Å². The predicted octanol–water partition coefficient (Wildman–Crippen LogP) is 4.86. The molecule has 8 heteroatoms. The quantitative estimate of drug-likeness (QED) is 0.448. The Balaban J connectivity index is 1.40. The van der Waals surface area contributed by atoms with E-state index in [4.69, 9.17) is 4.74 Å². The van der Waals surface area contributed by atoms with Crippen LogP contribution in [0.15, 0.2) is 42.5 Å². The van der Waals surface area contributed by atoms with Crippen LogP contribution in [0.3, 0.4) is 0 Å². The van der Waals surface area contributed by atoms with Crippen LogP contribution < -0.4 is 10.1 Å². The Morgan fingerprint density at radius 3 is 2.65 bits per heavy atom. The van der Waals surface area contributed by atoms with E-state index < -0.39 is 0 Å². The predicted molar refractivity (Wildman–Crippen MR) is 123 cm³/mol. The van der Waals surface area contributed by atoms with E-state index in [2.05, 4.69) is 46.6 Å². The summed E-state index contributed by atoms with van der Waals surface area (Å²) in [6, 6.07) is 13.7. The van der Waals surface area contributed by atoms with Gasteiger partial charge in [-0.25, -0.2) is 0 Å². The van der Waals surface area contributed by atoms with E-state index >= 15 is 0 Å². The van der Waals surface area contributed by atoms with Crippen molar-refractivity contribution in [3.63, 3.8) is 0 Å². The highest BCUT2D eigenvalue weighted by Gasteiger charge is 2.13. The Morgan fingerprint density at radius 2 is 1.94 bits per heavy atom. The van der Waals surface area contributed by atoms with E-state index in [0.717, 1.165) is 44.7 Å². The molecule has 160 valence electrons. The fourth-order valence-electron chi connectivity index (χ4n) is 3.27. The Labute approximate surface area is 185 Å². The molecule has 0 radical (unpaired) electrons. The van der Waals surface area contributed by atoms with Crippen LogP contribution in [0.1, 0.15) is 43.6 Å². The molecule has 0 aliphatic rings. The molecule has 0 bridgehead atoms. The summed E-state index contributed by atoms with van der Waals surface area (Å²) in [4.78, 5) is 13.2. The summed E-state index contributed by atoms with van der Waals surface area (Å²) < 4.78 is 7.60. The van der Waals surface area contributed by atoms with Gasteiger partial charge in [0, 0.05) is 17.7 Å². The van der Waals surface area contributed by atoms with Gasteiger partial charge in [-0.1, -0.05) is 44.2 Å². The molecule has 2 aromatic heterocycles. The topological polar surface area (TPSA) is 81.4 Å². The molecule has 1 N–H and O–H groups in total. The van der Waals surface area contributed by atoms with Gasteiger partial charge in [0.2, 0.25) is 4.96 Å². The van der Waals surface area contributed by atoms with Crippen LogP contribution in [-0.4, -0.2) is 32.3 Å². The average Bonchev–Trinajstić information content (AvgIpc) is 3.33. The number of amides is 1. The number of aromatic nitrogens is 4. The lowest BCUT2D eigenvalue weighted by molar-refractivity contribution is -0.118. The standard InChI is InChI=1S/C23H25N5O2S/c1-5-20-25-26-23-28(20)27-22(31-23)16-7-9-17(10-8-16)24-21(29)13-30-19-12-15(4)6-11-18(19)14(2)3/h6-12,14H,5,13H2,1-4H3,(H,24,29). The molecule has 7 nitrogen and oxygen atoms in total. The van der Waals surface area contributed by atoms with E-state index in [1.54, 1.807) is 4.52 Å². The van der Waals surface area contributed by atoms with E-state index in [-0.39, 0.29) is 12.5 Å². The summed E-state index contributed by atoms with van der Waals surface area (Å²) >= 11 is 1.49. The first-order chi connectivity index (χ1) is 14.9. The van der Waals surface area contributed by atoms with Crippen LogP contribution in [0.4, 0.5) is 5.69 Å². The number of benzene rings is 2. The van der Waals surface area contributed by atoms with Crippen LogP contribution in [0, 0.1) is 6.92 Å². The minimum atomic E-state index is -0.199. The Morgan fingerprint density at radius 1 is 1.16 bits per heavy atom. The molecule has 0 spiro atoms. The van der Waals surface area contributed by atoms with Crippen molar-refractivity contribution in [1.29, 1.82) is 0 Å². The zero-order chi connectivity index (χ0) is 22.0. The number of hydrogen-bond acceptors (Lipinski definition) is 6. The fourth-order valence-corrected chi connectivity index (χ4v) is 4.14. The number of hydrogen-bond donors (Lipinski definition) is 1. The number of ether oxygens (including phenoxy) is 1. The van der Waals surface area contributed by atoms with Crippen molar-refractivity contribution in [3.05, 3.63) is 59.4 Å². The van der Waals surface area contributed by atoms with Gasteiger partial charge in [-0.3, -0.25) is 4.79 Å². The number of carbonyl (C=O) groups is 1. The van der Waals surface area contributed by atoms with Crippen molar-refractivity contribution in [1.82, 2.24) is 19.8 Å². The van der Waals surface area contributed by atoms with Crippen molar-refractivity contribution in [2.24, 2.45) is 0 Å². The van der Waals surface area contributed by atoms with Gasteiger partial charge in [-0.15, -0.1) is 10.2 Å². The number of nitrogens with one attached hydrogen (secondary N) is 1. The molecule has 4 aromatic rings. The molecule has 0 aliphatic carbocycles. The van der Waals surface area contributed by atoms with E-state index in [1.165, 1.54) is 11.3 Å². The lowest BCUT2D eigenvalue weighted by Crippen LogP contribution is -2.20. The maximum atomic E-state index is 12.4. The second-order valence-corrected chi connectivity index (χ2v) is 8.64. The van der Waals surface area contributed by atoms with Crippen molar-refractivity contribution in [2.75, 3.05) is 11.9 Å². The summed E-state index contributed by atoms with van der Waals surface area (Å²) in [6.45, 7) is 8.22. The fraction of sp³-hybridized carbons (Fsp3) is 0.304. The highest BCUT2D eigenvalue weighted by Crippen LogP contribution is 2.28. The molecule has 0 fully saturated rings. The number of aryl methyl sites for hydroxylation is 2. The molecule has 0 unspecified atom stereocenters. The molecular weight excluding hydrogens is 410 g/mol. The summed E-state index contributed by atoms with van der Waals surface area (Å²) in [6.07, 6.45) is 0.776. The zero-order valence-electron chi connectivity index (χ0n) is 18.0. The van der Waals surface area contributed by atoms with Crippen molar-refractivity contribution in [3.8, 4) is 16.3 Å². The van der Waals surface area contributed by atoms with E-state index in [0.29, 0.717) is 11.6 Å². The second kappa shape index (κ2) is 8.85. The normalized spacial score (nSPS) is 11.3. The minimum absolute atomic E-state index is 0.0403. The lowest BCUT2D eigenvalue weighted by Gasteiger charge is -2.15. The van der Waals surface area contributed by atoms with Gasteiger partial charge in [-0.05, 0) is 54.3 Å². The largest absolute Gasteiger partial charge is 0.483 e. The number of rotatable bonds is 7. The SMILES string of the molecule is CCc1nnc2sc(-c3ccc(NC(=O)COc4cc(C)ccc4C(C)C)cc3)nn12. The van der Waals surface area contributed by atoms with Crippen molar-refractivity contribution >= 4 is 27.9 Å². The Hall–Kier alpha value is -3.26. The minimum Gasteiger partial charge on any atom is -0.483 e. The first kappa shape index (κ1) is 21.0. The van der Waals surface area contributed by atoms with Crippen LogP contribution in [0.25, 0.3) is 15.5 Å². The summed E-state index contributed by atoms with van der Waals surface area (Å²) in [7, 11) is 0. The molecular formula is C23H25N5O2S. The van der Waals surface area contributed by atoms with Gasteiger partial charge in [-0.2, -0.15) is 9.61 Å². The summed E-state index contributed by atoms with van der Waals surface area (Å²) in [5, 5.41) is 16.6. The molecule has 2 aromatic carbocycles. The average molecular weight is 436 g/mol. The van der Waals surface area contributed by atoms with E-state index in [9.17, 15) is 4.79 Å². The molecule has 1 amide bonds. The monoisotopic (exact) mass is 435 g/mol. The first-order valence-corrected chi connectivity index (χ1v) is 11.1. The Bertz CT molecular complexity index is 1210. The lowest BCUT2D eigenvalue weighted by atomic mass is 10.0. The number of nitrogens with zero attached hydrogens (tertiary/aromatic N) is 4. The van der Waals surface area contributed by atoms with Crippen molar-refractivity contribution in [2.45, 2.75) is 40.0 Å². The van der Waals surface area contributed by atoms with Gasteiger partial charge in [0.1, 0.15) is 10.8 Å². The van der Waals surface area contributed by atoms with Gasteiger partial charge < -0.3 is 10.1 Å². The van der Waals surface area contributed by atoms with Crippen LogP contribution in [0.2, 0.25) is 0 Å². The second-order valence-electron chi connectivity index (χ2n) is 7.68. The number of anilines is 1. The highest BCUT2D eigenvalue weighted by atomic mass is 32.1. The molecule has 0 aliphatic heterocycles. The smallest absolute Gasteiger partial charge is 0.262 e. The molecule has 0 saturated carbocycles. The molecule has 31 heavy (non-hydrogen) atoms. The highest BCUT2D eigenvalue weighted by molar-refractivity contribution is 7.19. The summed E-state index contributed by atoms with van der Waals surface area (Å²) in [5.74, 6) is 1.73. The molecule has 4 rings (SSSR count). The molecule has 2 heterocycles. The maximum Gasteiger partial charge on any atom is 0.262 e. The van der Waals surface area contributed by atoms with Gasteiger partial charge >= 0.3 is 0 Å². The molecule has 0 saturated heterocycles. The first-order valence-electron chi connectivity index (χ1n) is 10.3. The number of fused-ring (bicyclic) bond motifs is 1. The molecule has 0 atom stereocenters. The van der Waals surface area contributed by atoms with Crippen molar-refractivity contribution < 1.29 is 9.53 Å². The van der Waals surface area contributed by atoms with Gasteiger partial charge in [0.05, 0.1) is 0 Å². The maximum absolute atomic E-state index is 12.4. The van der Waals surface area contributed by atoms with Crippen LogP contribution in [-0.2, 0) is 11.2 Å².